The number of rotatable bonds is 8. The predicted molar refractivity (Wildman–Crippen MR) is 123 cm³/mol. The van der Waals surface area contributed by atoms with Gasteiger partial charge in [0.1, 0.15) is 5.82 Å². The maximum Gasteiger partial charge on any atom is 0.292 e. The molecule has 1 atom stereocenters. The lowest BCUT2D eigenvalue weighted by molar-refractivity contribution is 0.0934. The van der Waals surface area contributed by atoms with Gasteiger partial charge in [-0.05, 0) is 80.2 Å². The van der Waals surface area contributed by atoms with Crippen molar-refractivity contribution >= 4 is 16.7 Å². The Kier molecular flexibility index (Phi) is 7.61. The van der Waals surface area contributed by atoms with E-state index in [1.807, 2.05) is 12.1 Å². The summed E-state index contributed by atoms with van der Waals surface area (Å²) in [4.78, 5) is 19.7. The highest BCUT2D eigenvalue weighted by molar-refractivity contribution is 7.84. The highest BCUT2D eigenvalue weighted by Gasteiger charge is 2.20. The first-order chi connectivity index (χ1) is 16.0. The summed E-state index contributed by atoms with van der Waals surface area (Å²) in [5.41, 5.74) is 1.79. The van der Waals surface area contributed by atoms with Crippen LogP contribution in [0.25, 0.3) is 11.5 Å². The van der Waals surface area contributed by atoms with Gasteiger partial charge in [0.05, 0.1) is 0 Å². The molecule has 9 heteroatoms. The molecule has 1 aliphatic heterocycles. The molecule has 33 heavy (non-hydrogen) atoms. The van der Waals surface area contributed by atoms with Crippen LogP contribution in [0.2, 0.25) is 0 Å². The number of halogens is 1. The summed E-state index contributed by atoms with van der Waals surface area (Å²) in [7, 11) is -1.06. The number of nitrogens with zero attached hydrogens (tertiary/aromatic N) is 3. The largest absolute Gasteiger partial charge is 0.349 e. The molecule has 2 aromatic carbocycles. The Labute approximate surface area is 194 Å². The molecule has 1 amide bonds. The molecule has 1 fully saturated rings. The summed E-state index contributed by atoms with van der Waals surface area (Å²) < 4.78 is 29.8. The van der Waals surface area contributed by atoms with Crippen LogP contribution in [0, 0.1) is 11.7 Å². The van der Waals surface area contributed by atoms with Crippen molar-refractivity contribution in [3.05, 3.63) is 65.7 Å². The maximum atomic E-state index is 13.1. The van der Waals surface area contributed by atoms with Gasteiger partial charge in [-0.3, -0.25) is 13.9 Å². The molecule has 0 spiro atoms. The third kappa shape index (κ3) is 6.33. The maximum absolute atomic E-state index is 13.1. The zero-order valence-corrected chi connectivity index (χ0v) is 19.3. The number of likely N-dealkylation sites (tertiary alicyclic amines) is 1. The Bertz CT molecular complexity index is 1090. The fourth-order valence-corrected chi connectivity index (χ4v) is 4.49. The van der Waals surface area contributed by atoms with E-state index in [9.17, 15) is 13.4 Å². The summed E-state index contributed by atoms with van der Waals surface area (Å²) in [6.07, 6.45) is 4.65. The van der Waals surface area contributed by atoms with Gasteiger partial charge < -0.3 is 9.84 Å². The molecule has 2 heterocycles. The molecule has 0 radical (unpaired) electrons. The molecule has 1 saturated heterocycles. The number of aromatic nitrogens is 2. The van der Waals surface area contributed by atoms with Gasteiger partial charge in [-0.2, -0.15) is 4.98 Å². The Morgan fingerprint density at radius 1 is 1.15 bits per heavy atom. The van der Waals surface area contributed by atoms with Gasteiger partial charge in [0, 0.05) is 40.6 Å². The third-order valence-electron chi connectivity index (χ3n) is 5.93. The van der Waals surface area contributed by atoms with E-state index in [0.29, 0.717) is 22.9 Å². The van der Waals surface area contributed by atoms with Crippen LogP contribution in [0.5, 0.6) is 0 Å². The molecule has 1 aliphatic rings. The van der Waals surface area contributed by atoms with Crippen molar-refractivity contribution in [2.24, 2.45) is 5.92 Å². The monoisotopic (exact) mass is 470 g/mol. The van der Waals surface area contributed by atoms with E-state index in [4.69, 9.17) is 4.52 Å². The van der Waals surface area contributed by atoms with Crippen molar-refractivity contribution in [1.29, 1.82) is 0 Å². The molecule has 1 unspecified atom stereocenters. The van der Waals surface area contributed by atoms with E-state index < -0.39 is 10.8 Å². The predicted octanol–water partition coefficient (Wildman–Crippen LogP) is 3.65. The SMILES string of the molecule is CS(=O)c1ccc(-c2nc(C(=O)NCCC3CCN(Cc4ccc(F)cc4)CC3)no2)cc1. The van der Waals surface area contributed by atoms with Crippen LogP contribution < -0.4 is 5.32 Å². The molecule has 0 saturated carbocycles. The van der Waals surface area contributed by atoms with Gasteiger partial charge in [-0.1, -0.05) is 17.3 Å². The number of benzene rings is 2. The summed E-state index contributed by atoms with van der Waals surface area (Å²) in [6, 6.07) is 13.6. The first kappa shape index (κ1) is 23.3. The summed E-state index contributed by atoms with van der Waals surface area (Å²) in [5.74, 6) is 0.244. The van der Waals surface area contributed by atoms with Crippen molar-refractivity contribution in [1.82, 2.24) is 20.4 Å². The Hall–Kier alpha value is -2.91. The number of hydrogen-bond acceptors (Lipinski definition) is 6. The van der Waals surface area contributed by atoms with Crippen LogP contribution in [0.15, 0.2) is 57.9 Å². The van der Waals surface area contributed by atoms with Gasteiger partial charge in [0.15, 0.2) is 0 Å². The van der Waals surface area contributed by atoms with E-state index in [2.05, 4.69) is 20.4 Å². The van der Waals surface area contributed by atoms with Crippen LogP contribution in [-0.4, -0.2) is 51.0 Å². The van der Waals surface area contributed by atoms with Crippen molar-refractivity contribution in [3.63, 3.8) is 0 Å². The molecular weight excluding hydrogens is 443 g/mol. The van der Waals surface area contributed by atoms with E-state index in [0.717, 1.165) is 44.5 Å². The molecule has 1 N–H and O–H groups in total. The quantitative estimate of drug-likeness (QED) is 0.541. The number of carbonyl (C=O) groups is 1. The lowest BCUT2D eigenvalue weighted by atomic mass is 9.93. The number of hydrogen-bond donors (Lipinski definition) is 1. The van der Waals surface area contributed by atoms with Crippen LogP contribution in [0.1, 0.15) is 35.4 Å². The van der Waals surface area contributed by atoms with Crippen molar-refractivity contribution < 1.29 is 17.9 Å². The van der Waals surface area contributed by atoms with Crippen LogP contribution in [0.3, 0.4) is 0 Å². The number of piperidine rings is 1. The van der Waals surface area contributed by atoms with E-state index in [1.54, 1.807) is 30.5 Å². The third-order valence-corrected chi connectivity index (χ3v) is 6.86. The van der Waals surface area contributed by atoms with E-state index >= 15 is 0 Å². The topological polar surface area (TPSA) is 88.3 Å². The molecule has 174 valence electrons. The van der Waals surface area contributed by atoms with Crippen molar-refractivity contribution in [3.8, 4) is 11.5 Å². The fraction of sp³-hybridized carbons (Fsp3) is 0.375. The van der Waals surface area contributed by atoms with Gasteiger partial charge in [0.25, 0.3) is 17.6 Å². The number of nitrogens with one attached hydrogen (secondary N) is 1. The number of amides is 1. The average Bonchev–Trinajstić information content (AvgIpc) is 3.32. The van der Waals surface area contributed by atoms with E-state index in [-0.39, 0.29) is 23.4 Å². The average molecular weight is 471 g/mol. The highest BCUT2D eigenvalue weighted by atomic mass is 32.2. The van der Waals surface area contributed by atoms with Crippen LogP contribution in [-0.2, 0) is 17.3 Å². The second-order valence-electron chi connectivity index (χ2n) is 8.29. The van der Waals surface area contributed by atoms with Gasteiger partial charge in [0.2, 0.25) is 0 Å². The minimum absolute atomic E-state index is 0.00209. The lowest BCUT2D eigenvalue weighted by Crippen LogP contribution is -2.35. The first-order valence-corrected chi connectivity index (χ1v) is 12.6. The molecule has 4 rings (SSSR count). The zero-order chi connectivity index (χ0) is 23.2. The normalized spacial score (nSPS) is 15.9. The minimum Gasteiger partial charge on any atom is -0.349 e. The lowest BCUT2D eigenvalue weighted by Gasteiger charge is -2.32. The molecular formula is C24H27FN4O3S. The van der Waals surface area contributed by atoms with Crippen molar-refractivity contribution in [2.75, 3.05) is 25.9 Å². The standard InChI is InChI=1S/C24H27FN4O3S/c1-33(31)21-8-4-19(5-9-21)24-27-22(28-32-24)23(30)26-13-10-17-11-14-29(15-12-17)16-18-2-6-20(25)7-3-18/h2-9,17H,10-16H2,1H3,(H,26,30). The second kappa shape index (κ2) is 10.8. The van der Waals surface area contributed by atoms with Gasteiger partial charge in [-0.25, -0.2) is 4.39 Å². The van der Waals surface area contributed by atoms with Crippen LogP contribution in [0.4, 0.5) is 4.39 Å². The molecule has 0 aliphatic carbocycles. The molecule has 7 nitrogen and oxygen atoms in total. The zero-order valence-electron chi connectivity index (χ0n) is 18.5. The summed E-state index contributed by atoms with van der Waals surface area (Å²) >= 11 is 0. The van der Waals surface area contributed by atoms with Crippen molar-refractivity contribution in [2.45, 2.75) is 30.7 Å². The second-order valence-corrected chi connectivity index (χ2v) is 9.67. The smallest absolute Gasteiger partial charge is 0.292 e. The highest BCUT2D eigenvalue weighted by Crippen LogP contribution is 2.22. The summed E-state index contributed by atoms with van der Waals surface area (Å²) in [5, 5.41) is 6.66. The fourth-order valence-electron chi connectivity index (χ4n) is 3.97. The van der Waals surface area contributed by atoms with E-state index in [1.165, 1.54) is 12.1 Å². The molecule has 0 bridgehead atoms. The first-order valence-electron chi connectivity index (χ1n) is 11.0. The molecule has 1 aromatic heterocycles. The Morgan fingerprint density at radius 3 is 2.52 bits per heavy atom. The molecule has 3 aromatic rings. The minimum atomic E-state index is -1.06. The Balaban J connectivity index is 1.19. The summed E-state index contributed by atoms with van der Waals surface area (Å²) in [6.45, 7) is 3.38. The van der Waals surface area contributed by atoms with Crippen LogP contribution >= 0.6 is 0 Å². The Morgan fingerprint density at radius 2 is 1.85 bits per heavy atom. The number of carbonyl (C=O) groups excluding carboxylic acids is 1. The van der Waals surface area contributed by atoms with Gasteiger partial charge in [-0.15, -0.1) is 0 Å². The van der Waals surface area contributed by atoms with Gasteiger partial charge >= 0.3 is 0 Å².